The second kappa shape index (κ2) is 16.1. The van der Waals surface area contributed by atoms with Crippen molar-refractivity contribution in [2.45, 2.75) is 117 Å². The van der Waals surface area contributed by atoms with E-state index in [-0.39, 0.29) is 32.3 Å². The van der Waals surface area contributed by atoms with Gasteiger partial charge in [0.05, 0.1) is 0 Å². The first-order valence-corrected chi connectivity index (χ1v) is 12.3. The number of amides is 1. The number of carbonyl (C=O) groups is 5. The van der Waals surface area contributed by atoms with E-state index in [4.69, 9.17) is 23.7 Å². The van der Waals surface area contributed by atoms with E-state index in [9.17, 15) is 24.0 Å². The molecule has 0 aliphatic carbocycles. The number of hydrogen-bond acceptors (Lipinski definition) is 10. The van der Waals surface area contributed by atoms with E-state index in [0.717, 1.165) is 0 Å². The maximum absolute atomic E-state index is 12.5. The largest absolute Gasteiger partial charge is 0.463 e. The lowest BCUT2D eigenvalue weighted by Crippen LogP contribution is -2.67. The predicted octanol–water partition coefficient (Wildman–Crippen LogP) is 2.33. The molecule has 35 heavy (non-hydrogen) atoms. The Morgan fingerprint density at radius 2 is 1.14 bits per heavy atom. The molecule has 0 aromatic rings. The summed E-state index contributed by atoms with van der Waals surface area (Å²) in [7, 11) is 0. The van der Waals surface area contributed by atoms with Crippen LogP contribution in [0.15, 0.2) is 0 Å². The van der Waals surface area contributed by atoms with Gasteiger partial charge in [-0.05, 0) is 25.7 Å². The maximum Gasteiger partial charge on any atom is 0.308 e. The smallest absolute Gasteiger partial charge is 0.308 e. The van der Waals surface area contributed by atoms with Gasteiger partial charge in [-0.1, -0.05) is 27.7 Å². The average Bonchev–Trinajstić information content (AvgIpc) is 2.77. The van der Waals surface area contributed by atoms with Crippen LogP contribution in [0, 0.1) is 0 Å². The van der Waals surface area contributed by atoms with Crippen LogP contribution in [0.25, 0.3) is 0 Å². The summed E-state index contributed by atoms with van der Waals surface area (Å²) in [6, 6.07) is -1.16. The molecule has 0 aromatic heterocycles. The number of carbonyl (C=O) groups excluding carboxylic acids is 5. The van der Waals surface area contributed by atoms with Crippen molar-refractivity contribution in [3.63, 3.8) is 0 Å². The van der Waals surface area contributed by atoms with Crippen molar-refractivity contribution < 1.29 is 47.7 Å². The summed E-state index contributed by atoms with van der Waals surface area (Å²) in [6.07, 6.45) is -2.42. The van der Waals surface area contributed by atoms with E-state index < -0.39 is 60.4 Å². The van der Waals surface area contributed by atoms with Crippen LogP contribution in [0.1, 0.15) is 86.0 Å². The molecule has 0 radical (unpaired) electrons. The van der Waals surface area contributed by atoms with Crippen molar-refractivity contribution in [1.82, 2.24) is 5.32 Å². The summed E-state index contributed by atoms with van der Waals surface area (Å²) in [5.74, 6) is -2.75. The normalized spacial score (nSPS) is 23.6. The van der Waals surface area contributed by atoms with Crippen molar-refractivity contribution in [3.05, 3.63) is 0 Å². The molecule has 0 spiro atoms. The highest BCUT2D eigenvalue weighted by Crippen LogP contribution is 2.29. The quantitative estimate of drug-likeness (QED) is 0.278. The van der Waals surface area contributed by atoms with E-state index in [2.05, 4.69) is 5.32 Å². The van der Waals surface area contributed by atoms with Crippen molar-refractivity contribution in [3.8, 4) is 0 Å². The van der Waals surface area contributed by atoms with E-state index in [1.807, 2.05) is 6.92 Å². The molecule has 200 valence electrons. The van der Waals surface area contributed by atoms with Gasteiger partial charge in [-0.3, -0.25) is 24.0 Å². The molecule has 0 unspecified atom stereocenters. The second-order valence-corrected chi connectivity index (χ2v) is 8.35. The van der Waals surface area contributed by atoms with Gasteiger partial charge < -0.3 is 29.0 Å². The average molecular weight is 502 g/mol. The molecule has 11 nitrogen and oxygen atoms in total. The maximum atomic E-state index is 12.5. The van der Waals surface area contributed by atoms with Crippen LogP contribution in [0.5, 0.6) is 0 Å². The van der Waals surface area contributed by atoms with Crippen LogP contribution in [0.4, 0.5) is 0 Å². The van der Waals surface area contributed by atoms with Crippen molar-refractivity contribution >= 4 is 29.8 Å². The van der Waals surface area contributed by atoms with Crippen molar-refractivity contribution in [1.29, 1.82) is 0 Å². The third-order valence-corrected chi connectivity index (χ3v) is 5.02. The van der Waals surface area contributed by atoms with Gasteiger partial charge in [0, 0.05) is 32.6 Å². The van der Waals surface area contributed by atoms with Gasteiger partial charge in [0.1, 0.15) is 18.8 Å². The lowest BCUT2D eigenvalue weighted by Gasteiger charge is -2.44. The van der Waals surface area contributed by atoms with Crippen LogP contribution in [0.3, 0.4) is 0 Å². The molecular weight excluding hydrogens is 462 g/mol. The van der Waals surface area contributed by atoms with Crippen molar-refractivity contribution in [2.75, 3.05) is 6.61 Å². The summed E-state index contributed by atoms with van der Waals surface area (Å²) in [4.78, 5) is 61.2. The lowest BCUT2D eigenvalue weighted by molar-refractivity contribution is -0.272. The number of hydrogen-bond donors (Lipinski definition) is 1. The summed E-state index contributed by atoms with van der Waals surface area (Å²) in [5.41, 5.74) is 0. The molecule has 0 saturated carbocycles. The molecule has 1 saturated heterocycles. The third kappa shape index (κ3) is 10.6. The Kier molecular flexibility index (Phi) is 13.9. The Labute approximate surface area is 206 Å². The summed E-state index contributed by atoms with van der Waals surface area (Å²) < 4.78 is 27.9. The van der Waals surface area contributed by atoms with Gasteiger partial charge in [0.2, 0.25) is 12.2 Å². The molecule has 11 heteroatoms. The molecule has 1 fully saturated rings. The Morgan fingerprint density at radius 1 is 0.686 bits per heavy atom. The van der Waals surface area contributed by atoms with Gasteiger partial charge in [0.25, 0.3) is 0 Å². The van der Waals surface area contributed by atoms with E-state index >= 15 is 0 Å². The number of rotatable bonds is 14. The Balaban J connectivity index is 3.39. The Hall–Kier alpha value is -2.69. The monoisotopic (exact) mass is 501 g/mol. The van der Waals surface area contributed by atoms with Gasteiger partial charge in [-0.15, -0.1) is 0 Å². The fraction of sp³-hybridized carbons (Fsp3) is 0.792. The molecular formula is C24H39NO10. The Bertz CT molecular complexity index is 725. The standard InChI is InChI=1S/C24H39NO10/c1-6-10-17(27)31-14-16-22(33-18(28)11-7-2)23(34-19(29)12-8-3)21(25-15(5)26)24(32-16)35-20(30)13-9-4/h16,21-24H,6-14H2,1-5H3,(H,25,26)/t16-,21+,22-,23-,24+/m1/s1. The van der Waals surface area contributed by atoms with Crippen LogP contribution < -0.4 is 5.32 Å². The molecule has 0 aromatic carbocycles. The van der Waals surface area contributed by atoms with Crippen LogP contribution in [-0.2, 0) is 47.7 Å². The minimum Gasteiger partial charge on any atom is -0.463 e. The van der Waals surface area contributed by atoms with E-state index in [1.54, 1.807) is 20.8 Å². The fourth-order valence-corrected chi connectivity index (χ4v) is 3.48. The van der Waals surface area contributed by atoms with Gasteiger partial charge in [0.15, 0.2) is 12.2 Å². The first kappa shape index (κ1) is 30.3. The zero-order chi connectivity index (χ0) is 26.4. The molecule has 1 aliphatic heterocycles. The van der Waals surface area contributed by atoms with Crippen molar-refractivity contribution in [2.24, 2.45) is 0 Å². The highest BCUT2D eigenvalue weighted by molar-refractivity contribution is 5.74. The Morgan fingerprint density at radius 3 is 1.63 bits per heavy atom. The summed E-state index contributed by atoms with van der Waals surface area (Å²) in [6.45, 7) is 8.11. The van der Waals surface area contributed by atoms with Gasteiger partial charge in [-0.25, -0.2) is 0 Å². The molecule has 1 aliphatic rings. The summed E-state index contributed by atoms with van der Waals surface area (Å²) in [5, 5.41) is 2.60. The first-order chi connectivity index (χ1) is 16.7. The minimum atomic E-state index is -1.37. The molecule has 1 N–H and O–H groups in total. The van der Waals surface area contributed by atoms with Gasteiger partial charge in [-0.2, -0.15) is 0 Å². The van der Waals surface area contributed by atoms with Gasteiger partial charge >= 0.3 is 23.9 Å². The predicted molar refractivity (Wildman–Crippen MR) is 123 cm³/mol. The molecule has 1 rings (SSSR count). The molecule has 5 atom stereocenters. The first-order valence-electron chi connectivity index (χ1n) is 12.3. The van der Waals surface area contributed by atoms with Crippen LogP contribution >= 0.6 is 0 Å². The third-order valence-electron chi connectivity index (χ3n) is 5.02. The SMILES string of the molecule is CCCC(=O)OC[C@H]1O[C@@H](OC(=O)CCC)[C@@H](NC(C)=O)[C@@H](OC(=O)CCC)[C@@H]1OC(=O)CCC. The zero-order valence-corrected chi connectivity index (χ0v) is 21.3. The van der Waals surface area contributed by atoms with Crippen LogP contribution in [0.2, 0.25) is 0 Å². The van der Waals surface area contributed by atoms with E-state index in [1.165, 1.54) is 6.92 Å². The number of nitrogens with one attached hydrogen (secondary N) is 1. The molecule has 1 heterocycles. The molecule has 1 amide bonds. The topological polar surface area (TPSA) is 144 Å². The highest BCUT2D eigenvalue weighted by atomic mass is 16.7. The lowest BCUT2D eigenvalue weighted by atomic mass is 9.95. The van der Waals surface area contributed by atoms with Crippen LogP contribution in [-0.4, -0.2) is 67.0 Å². The number of esters is 4. The second-order valence-electron chi connectivity index (χ2n) is 8.35. The minimum absolute atomic E-state index is 0.0796. The highest BCUT2D eigenvalue weighted by Gasteiger charge is 2.52. The van der Waals surface area contributed by atoms with E-state index in [0.29, 0.717) is 25.7 Å². The number of ether oxygens (including phenoxy) is 5. The zero-order valence-electron chi connectivity index (χ0n) is 21.3. The molecule has 0 bridgehead atoms. The summed E-state index contributed by atoms with van der Waals surface area (Å²) >= 11 is 0. The fourth-order valence-electron chi connectivity index (χ4n) is 3.48.